The van der Waals surface area contributed by atoms with Crippen molar-refractivity contribution in [3.8, 4) is 0 Å². The predicted molar refractivity (Wildman–Crippen MR) is 58.8 cm³/mol. The van der Waals surface area contributed by atoms with Gasteiger partial charge in [-0.15, -0.1) is 0 Å². The molecular weight excluding hydrogens is 304 g/mol. The van der Waals surface area contributed by atoms with Gasteiger partial charge in [0.05, 0.1) is 25.3 Å². The van der Waals surface area contributed by atoms with Gasteiger partial charge in [-0.2, -0.15) is 13.7 Å². The molecule has 0 saturated carbocycles. The zero-order valence-corrected chi connectivity index (χ0v) is 12.2. The Bertz CT molecular complexity index is 140. The van der Waals surface area contributed by atoms with E-state index in [0.717, 1.165) is 0 Å². The highest BCUT2D eigenvalue weighted by atomic mass is 79.9. The summed E-state index contributed by atoms with van der Waals surface area (Å²) in [6.45, 7) is 6.17. The van der Waals surface area contributed by atoms with Gasteiger partial charge in [-0.1, -0.05) is 15.9 Å². The molecule has 0 aromatic rings. The lowest BCUT2D eigenvalue weighted by atomic mass is 10.9. The van der Waals surface area contributed by atoms with Gasteiger partial charge < -0.3 is 4.43 Å². The van der Waals surface area contributed by atoms with Gasteiger partial charge >= 0.3 is 9.05 Å². The summed E-state index contributed by atoms with van der Waals surface area (Å²) in [5.41, 5.74) is 0.131. The highest BCUT2D eigenvalue weighted by molar-refractivity contribution is 9.09. The first-order valence-corrected chi connectivity index (χ1v) is 7.61. The van der Waals surface area contributed by atoms with E-state index in [4.69, 9.17) is 32.8 Å². The van der Waals surface area contributed by atoms with E-state index >= 15 is 0 Å². The predicted octanol–water partition coefficient (Wildman–Crippen LogP) is 1.70. The fourth-order valence-corrected chi connectivity index (χ4v) is 2.56. The molecule has 0 spiro atoms. The zero-order chi connectivity index (χ0) is 12.3. The Labute approximate surface area is 104 Å². The molecular formula is C7H17BrO7Si. The molecule has 0 rings (SSSR count). The molecule has 0 radical (unpaired) electrons. The van der Waals surface area contributed by atoms with Crippen LogP contribution in [0.15, 0.2) is 0 Å². The third-order valence-electron chi connectivity index (χ3n) is 1.07. The standard InChI is InChI=1S/C7H17BrO7Si/c1-4-9-13-16(12-7-8,14-10-5-2)15-11-6-3/h4-7H2,1-3H3. The van der Waals surface area contributed by atoms with Crippen molar-refractivity contribution in [1.29, 1.82) is 0 Å². The summed E-state index contributed by atoms with van der Waals surface area (Å²) in [6, 6.07) is 0. The molecule has 0 bridgehead atoms. The van der Waals surface area contributed by atoms with Crippen LogP contribution in [0.25, 0.3) is 0 Å². The number of alkyl halides is 1. The number of hydrogen-bond acceptors (Lipinski definition) is 7. The molecule has 0 aromatic heterocycles. The third-order valence-corrected chi connectivity index (χ3v) is 3.18. The van der Waals surface area contributed by atoms with Gasteiger partial charge in [0.1, 0.15) is 0 Å². The molecule has 16 heavy (non-hydrogen) atoms. The molecule has 7 nitrogen and oxygen atoms in total. The van der Waals surface area contributed by atoms with Crippen molar-refractivity contribution in [3.05, 3.63) is 0 Å². The largest absolute Gasteiger partial charge is 0.765 e. The second kappa shape index (κ2) is 10.6. The second-order valence-electron chi connectivity index (χ2n) is 2.22. The van der Waals surface area contributed by atoms with Gasteiger partial charge in [0.15, 0.2) is 0 Å². The molecule has 0 fully saturated rings. The Kier molecular flexibility index (Phi) is 10.8. The summed E-state index contributed by atoms with van der Waals surface area (Å²) in [4.78, 5) is 14.3. The first kappa shape index (κ1) is 16.4. The quantitative estimate of drug-likeness (QED) is 0.248. The Morgan fingerprint density at radius 2 is 1.19 bits per heavy atom. The normalized spacial score (nSPS) is 12.0. The van der Waals surface area contributed by atoms with Crippen molar-refractivity contribution in [2.75, 3.05) is 25.3 Å². The van der Waals surface area contributed by atoms with E-state index in [1.807, 2.05) is 0 Å². The van der Waals surface area contributed by atoms with Crippen LogP contribution < -0.4 is 0 Å². The molecule has 0 aliphatic carbocycles. The molecule has 98 valence electrons. The van der Waals surface area contributed by atoms with Crippen LogP contribution in [-0.4, -0.2) is 34.4 Å². The van der Waals surface area contributed by atoms with E-state index in [-0.39, 0.29) is 5.52 Å². The van der Waals surface area contributed by atoms with Crippen molar-refractivity contribution in [2.24, 2.45) is 0 Å². The maximum absolute atomic E-state index is 5.15. The molecule has 0 amide bonds. The summed E-state index contributed by atoms with van der Waals surface area (Å²) in [7, 11) is -3.57. The average Bonchev–Trinajstić information content (AvgIpc) is 2.31. The van der Waals surface area contributed by atoms with Crippen molar-refractivity contribution in [2.45, 2.75) is 20.8 Å². The highest BCUT2D eigenvalue weighted by Crippen LogP contribution is 2.14. The Morgan fingerprint density at radius 1 is 0.812 bits per heavy atom. The van der Waals surface area contributed by atoms with Gasteiger partial charge in [0.25, 0.3) is 0 Å². The summed E-state index contributed by atoms with van der Waals surface area (Å²) >= 11 is 3.07. The molecule has 0 aromatic carbocycles. The second-order valence-corrected chi connectivity index (χ2v) is 4.47. The number of rotatable bonds is 11. The molecule has 0 atom stereocenters. The summed E-state index contributed by atoms with van der Waals surface area (Å²) in [5, 5.41) is 0. The van der Waals surface area contributed by atoms with E-state index in [1.165, 1.54) is 0 Å². The van der Waals surface area contributed by atoms with E-state index in [0.29, 0.717) is 19.8 Å². The third kappa shape index (κ3) is 6.88. The molecule has 0 aliphatic rings. The fourth-order valence-electron chi connectivity index (χ4n) is 0.574. The smallest absolute Gasteiger partial charge is 0.337 e. The van der Waals surface area contributed by atoms with E-state index < -0.39 is 9.05 Å². The number of hydrogen-bond donors (Lipinski definition) is 0. The summed E-state index contributed by atoms with van der Waals surface area (Å²) in [6.07, 6.45) is 0. The van der Waals surface area contributed by atoms with Crippen LogP contribution in [0.2, 0.25) is 0 Å². The molecule has 0 saturated heterocycles. The first-order chi connectivity index (χ1) is 7.74. The molecule has 9 heteroatoms. The lowest BCUT2D eigenvalue weighted by molar-refractivity contribution is -0.384. The minimum absolute atomic E-state index is 0.131. The van der Waals surface area contributed by atoms with Crippen molar-refractivity contribution >= 4 is 25.0 Å². The minimum Gasteiger partial charge on any atom is -0.337 e. The van der Waals surface area contributed by atoms with E-state index in [9.17, 15) is 0 Å². The van der Waals surface area contributed by atoms with Crippen LogP contribution in [0.4, 0.5) is 0 Å². The first-order valence-electron chi connectivity index (χ1n) is 4.86. The summed E-state index contributed by atoms with van der Waals surface area (Å²) in [5.74, 6) is 0. The topological polar surface area (TPSA) is 64.6 Å². The Hall–Kier alpha value is 0.417. The van der Waals surface area contributed by atoms with Crippen molar-refractivity contribution < 1.29 is 32.8 Å². The fraction of sp³-hybridized carbons (Fsp3) is 1.00. The van der Waals surface area contributed by atoms with Crippen LogP contribution in [0.3, 0.4) is 0 Å². The molecule has 0 unspecified atom stereocenters. The monoisotopic (exact) mass is 320 g/mol. The van der Waals surface area contributed by atoms with Crippen molar-refractivity contribution in [3.63, 3.8) is 0 Å². The maximum Gasteiger partial charge on any atom is 0.765 e. The van der Waals surface area contributed by atoms with Gasteiger partial charge in [-0.25, -0.2) is 14.7 Å². The lowest BCUT2D eigenvalue weighted by Crippen LogP contribution is -2.49. The van der Waals surface area contributed by atoms with Crippen LogP contribution in [0.5, 0.6) is 0 Å². The van der Waals surface area contributed by atoms with Crippen LogP contribution in [-0.2, 0) is 32.8 Å². The maximum atomic E-state index is 5.15. The minimum atomic E-state index is -3.57. The lowest BCUT2D eigenvalue weighted by Gasteiger charge is -2.22. The van der Waals surface area contributed by atoms with Gasteiger partial charge in [-0.05, 0) is 20.8 Å². The van der Waals surface area contributed by atoms with Crippen LogP contribution in [0, 0.1) is 0 Å². The highest BCUT2D eigenvalue weighted by Gasteiger charge is 2.52. The van der Waals surface area contributed by atoms with E-state index in [1.54, 1.807) is 20.8 Å². The van der Waals surface area contributed by atoms with Gasteiger partial charge in [0, 0.05) is 0 Å². The number of halogens is 1. The molecule has 0 N–H and O–H groups in total. The van der Waals surface area contributed by atoms with Gasteiger partial charge in [-0.3, -0.25) is 0 Å². The molecule has 0 heterocycles. The van der Waals surface area contributed by atoms with Crippen LogP contribution >= 0.6 is 15.9 Å². The van der Waals surface area contributed by atoms with Gasteiger partial charge in [0.2, 0.25) is 0 Å². The average molecular weight is 321 g/mol. The Balaban J connectivity index is 4.32. The SMILES string of the molecule is CCOO[Si](OCBr)(OOCC)OOCC. The van der Waals surface area contributed by atoms with Crippen molar-refractivity contribution in [1.82, 2.24) is 0 Å². The van der Waals surface area contributed by atoms with Crippen LogP contribution in [0.1, 0.15) is 20.8 Å². The Morgan fingerprint density at radius 3 is 1.44 bits per heavy atom. The molecule has 0 aliphatic heterocycles. The summed E-state index contributed by atoms with van der Waals surface area (Å²) < 4.78 is 19.9. The van der Waals surface area contributed by atoms with E-state index in [2.05, 4.69) is 15.9 Å². The zero-order valence-electron chi connectivity index (χ0n) is 9.56.